The van der Waals surface area contributed by atoms with Gasteiger partial charge in [0.2, 0.25) is 0 Å². The number of halogens is 3. The van der Waals surface area contributed by atoms with E-state index in [0.717, 1.165) is 6.07 Å². The van der Waals surface area contributed by atoms with Gasteiger partial charge in [0.1, 0.15) is 0 Å². The van der Waals surface area contributed by atoms with Gasteiger partial charge in [0.25, 0.3) is 0 Å². The third-order valence-corrected chi connectivity index (χ3v) is 2.18. The molecule has 1 aromatic heterocycles. The number of carbonyl (C=O) groups is 1. The van der Waals surface area contributed by atoms with Crippen LogP contribution in [0.5, 0.6) is 0 Å². The van der Waals surface area contributed by atoms with Crippen molar-refractivity contribution in [3.05, 3.63) is 29.1 Å². The molecule has 3 nitrogen and oxygen atoms in total. The molecular weight excluding hydrogens is 235 g/mol. The van der Waals surface area contributed by atoms with Crippen LogP contribution in [0.15, 0.2) is 12.3 Å². The Bertz CT molecular complexity index is 427. The molecule has 0 saturated heterocycles. The minimum atomic E-state index is -4.51. The van der Waals surface area contributed by atoms with Crippen LogP contribution in [0.3, 0.4) is 0 Å². The van der Waals surface area contributed by atoms with Crippen molar-refractivity contribution in [2.75, 3.05) is 0 Å². The van der Waals surface area contributed by atoms with E-state index in [4.69, 9.17) is 5.11 Å². The molecule has 0 saturated carbocycles. The molecule has 0 aliphatic heterocycles. The Morgan fingerprint density at radius 3 is 2.47 bits per heavy atom. The Hall–Kier alpha value is -1.59. The Labute approximate surface area is 96.3 Å². The van der Waals surface area contributed by atoms with Crippen molar-refractivity contribution in [1.29, 1.82) is 0 Å². The molecule has 0 atom stereocenters. The molecule has 0 spiro atoms. The second-order valence-corrected chi connectivity index (χ2v) is 4.00. The first kappa shape index (κ1) is 13.5. The number of aromatic nitrogens is 1. The van der Waals surface area contributed by atoms with E-state index in [9.17, 15) is 18.0 Å². The Balaban J connectivity index is 3.24. The van der Waals surface area contributed by atoms with E-state index in [0.29, 0.717) is 0 Å². The van der Waals surface area contributed by atoms with Gasteiger partial charge in [0, 0.05) is 6.20 Å². The van der Waals surface area contributed by atoms with Crippen LogP contribution in [-0.4, -0.2) is 16.1 Å². The predicted molar refractivity (Wildman–Crippen MR) is 54.7 cm³/mol. The molecule has 1 N–H and O–H groups in total. The first-order valence-corrected chi connectivity index (χ1v) is 4.99. The molecule has 0 bridgehead atoms. The van der Waals surface area contributed by atoms with Gasteiger partial charge in [-0.15, -0.1) is 0 Å². The number of alkyl halides is 3. The van der Waals surface area contributed by atoms with Gasteiger partial charge in [0.15, 0.2) is 0 Å². The van der Waals surface area contributed by atoms with Crippen molar-refractivity contribution in [2.24, 2.45) is 0 Å². The molecule has 1 rings (SSSR count). The number of nitrogens with zero attached hydrogens (tertiary/aromatic N) is 1. The number of carboxylic acids is 1. The molecular formula is C11H12F3NO2. The van der Waals surface area contributed by atoms with E-state index >= 15 is 0 Å². The second kappa shape index (κ2) is 4.73. The minimum absolute atomic E-state index is 0.0502. The quantitative estimate of drug-likeness (QED) is 0.893. The molecule has 0 aliphatic carbocycles. The number of hydrogen-bond acceptors (Lipinski definition) is 2. The van der Waals surface area contributed by atoms with Crippen molar-refractivity contribution in [1.82, 2.24) is 4.98 Å². The van der Waals surface area contributed by atoms with Crippen LogP contribution in [0.4, 0.5) is 13.2 Å². The zero-order valence-electron chi connectivity index (χ0n) is 9.38. The van der Waals surface area contributed by atoms with Gasteiger partial charge >= 0.3 is 12.1 Å². The smallest absolute Gasteiger partial charge is 0.418 e. The largest absolute Gasteiger partial charge is 0.481 e. The monoisotopic (exact) mass is 247 g/mol. The van der Waals surface area contributed by atoms with Gasteiger partial charge in [0.05, 0.1) is 17.7 Å². The van der Waals surface area contributed by atoms with E-state index in [1.165, 1.54) is 6.20 Å². The fourth-order valence-electron chi connectivity index (χ4n) is 1.48. The molecule has 1 aromatic rings. The van der Waals surface area contributed by atoms with E-state index in [1.54, 1.807) is 13.8 Å². The first-order chi connectivity index (χ1) is 7.71. The highest BCUT2D eigenvalue weighted by Crippen LogP contribution is 2.34. The molecule has 0 aliphatic rings. The molecule has 94 valence electrons. The van der Waals surface area contributed by atoms with Crippen LogP contribution < -0.4 is 0 Å². The lowest BCUT2D eigenvalue weighted by Gasteiger charge is -2.15. The van der Waals surface area contributed by atoms with Gasteiger partial charge in [-0.2, -0.15) is 13.2 Å². The van der Waals surface area contributed by atoms with Gasteiger partial charge in [-0.25, -0.2) is 0 Å². The summed E-state index contributed by atoms with van der Waals surface area (Å²) in [6, 6.07) is 0.858. The predicted octanol–water partition coefficient (Wildman–Crippen LogP) is 2.85. The lowest BCUT2D eigenvalue weighted by molar-refractivity contribution is -0.139. The maximum atomic E-state index is 12.7. The normalized spacial score (nSPS) is 11.9. The van der Waals surface area contributed by atoms with Crippen LogP contribution in [0.1, 0.15) is 36.6 Å². The topological polar surface area (TPSA) is 50.2 Å². The van der Waals surface area contributed by atoms with Crippen molar-refractivity contribution in [3.8, 4) is 0 Å². The van der Waals surface area contributed by atoms with Crippen LogP contribution in [0, 0.1) is 0 Å². The summed E-state index contributed by atoms with van der Waals surface area (Å²) in [6.45, 7) is 3.21. The summed E-state index contributed by atoms with van der Waals surface area (Å²) in [5.41, 5.74) is -0.868. The molecule has 1 heterocycles. The third-order valence-electron chi connectivity index (χ3n) is 2.18. The lowest BCUT2D eigenvalue weighted by Crippen LogP contribution is -2.13. The first-order valence-electron chi connectivity index (χ1n) is 4.99. The number of hydrogen-bond donors (Lipinski definition) is 1. The Morgan fingerprint density at radius 1 is 1.47 bits per heavy atom. The molecule has 0 fully saturated rings. The van der Waals surface area contributed by atoms with E-state index in [1.807, 2.05) is 0 Å². The Kier molecular flexibility index (Phi) is 3.75. The summed E-state index contributed by atoms with van der Waals surface area (Å²) >= 11 is 0. The van der Waals surface area contributed by atoms with Crippen LogP contribution in [0.2, 0.25) is 0 Å². The number of rotatable bonds is 3. The fourth-order valence-corrected chi connectivity index (χ4v) is 1.48. The standard InChI is InChI=1S/C11H12F3NO2/c1-6(2)10-8(11(12,13)14)3-7(5-15-10)4-9(16)17/h3,5-6H,4H2,1-2H3,(H,16,17). The summed E-state index contributed by atoms with van der Waals surface area (Å²) in [4.78, 5) is 14.2. The zero-order chi connectivity index (χ0) is 13.2. The van der Waals surface area contributed by atoms with Crippen molar-refractivity contribution in [2.45, 2.75) is 32.4 Å². The van der Waals surface area contributed by atoms with Crippen LogP contribution in [-0.2, 0) is 17.4 Å². The highest BCUT2D eigenvalue weighted by atomic mass is 19.4. The van der Waals surface area contributed by atoms with Crippen LogP contribution in [0.25, 0.3) is 0 Å². The second-order valence-electron chi connectivity index (χ2n) is 4.00. The summed E-state index contributed by atoms with van der Waals surface area (Å²) < 4.78 is 38.2. The molecule has 0 unspecified atom stereocenters. The minimum Gasteiger partial charge on any atom is -0.481 e. The summed E-state index contributed by atoms with van der Waals surface area (Å²) in [6.07, 6.45) is -3.80. The summed E-state index contributed by atoms with van der Waals surface area (Å²) in [5.74, 6) is -1.55. The molecule has 0 aromatic carbocycles. The highest BCUT2D eigenvalue weighted by molar-refractivity contribution is 5.70. The van der Waals surface area contributed by atoms with E-state index in [-0.39, 0.29) is 17.2 Å². The van der Waals surface area contributed by atoms with Gasteiger partial charge in [-0.1, -0.05) is 13.8 Å². The number of aliphatic carboxylic acids is 1. The zero-order valence-corrected chi connectivity index (χ0v) is 9.38. The van der Waals surface area contributed by atoms with Crippen LogP contribution >= 0.6 is 0 Å². The molecule has 17 heavy (non-hydrogen) atoms. The summed E-state index contributed by atoms with van der Waals surface area (Å²) in [5, 5.41) is 8.53. The van der Waals surface area contributed by atoms with Crippen molar-refractivity contribution in [3.63, 3.8) is 0 Å². The maximum Gasteiger partial charge on any atom is 0.418 e. The van der Waals surface area contributed by atoms with E-state index < -0.39 is 24.1 Å². The number of pyridine rings is 1. The average molecular weight is 247 g/mol. The Morgan fingerprint density at radius 2 is 2.06 bits per heavy atom. The summed E-state index contributed by atoms with van der Waals surface area (Å²) in [7, 11) is 0. The van der Waals surface area contributed by atoms with Crippen molar-refractivity contribution >= 4 is 5.97 Å². The van der Waals surface area contributed by atoms with Gasteiger partial charge < -0.3 is 5.11 Å². The van der Waals surface area contributed by atoms with Crippen molar-refractivity contribution < 1.29 is 23.1 Å². The average Bonchev–Trinajstić information content (AvgIpc) is 2.14. The molecule has 0 amide bonds. The molecule has 0 radical (unpaired) electrons. The molecule has 6 heteroatoms. The van der Waals surface area contributed by atoms with Gasteiger partial charge in [-0.05, 0) is 17.5 Å². The fraction of sp³-hybridized carbons (Fsp3) is 0.455. The van der Waals surface area contributed by atoms with Gasteiger partial charge in [-0.3, -0.25) is 9.78 Å². The SMILES string of the molecule is CC(C)c1ncc(CC(=O)O)cc1C(F)(F)F. The van der Waals surface area contributed by atoms with E-state index in [2.05, 4.69) is 4.98 Å². The lowest BCUT2D eigenvalue weighted by atomic mass is 10.0. The highest BCUT2D eigenvalue weighted by Gasteiger charge is 2.35. The maximum absolute atomic E-state index is 12.7. The third kappa shape index (κ3) is 3.44. The number of carboxylic acid groups (broad SMARTS) is 1.